The van der Waals surface area contributed by atoms with Crippen molar-refractivity contribution >= 4 is 5.97 Å². The number of alkyl halides is 1. The average Bonchev–Trinajstić information content (AvgIpc) is 2.15. The van der Waals surface area contributed by atoms with E-state index in [0.29, 0.717) is 5.56 Å². The standard InChI is InChI=1S/C11H12F2O3/c1-11(16,9(13)10(14)15)6-7-3-2-4-8(12)5-7/h2-5,9,16H,6H2,1H3,(H,14,15). The number of carboxylic acids is 1. The summed E-state index contributed by atoms with van der Waals surface area (Å²) in [5.41, 5.74) is -1.71. The van der Waals surface area contributed by atoms with E-state index in [1.807, 2.05) is 0 Å². The van der Waals surface area contributed by atoms with Crippen molar-refractivity contribution < 1.29 is 23.8 Å². The highest BCUT2D eigenvalue weighted by Crippen LogP contribution is 2.20. The maximum atomic E-state index is 13.1. The molecule has 1 aromatic rings. The zero-order chi connectivity index (χ0) is 12.3. The van der Waals surface area contributed by atoms with Crippen LogP contribution in [0.25, 0.3) is 0 Å². The number of rotatable bonds is 4. The highest BCUT2D eigenvalue weighted by molar-refractivity contribution is 5.73. The summed E-state index contributed by atoms with van der Waals surface area (Å²) in [6.07, 6.45) is -2.67. The van der Waals surface area contributed by atoms with E-state index in [0.717, 1.165) is 13.0 Å². The summed E-state index contributed by atoms with van der Waals surface area (Å²) < 4.78 is 26.0. The van der Waals surface area contributed by atoms with Gasteiger partial charge in [-0.15, -0.1) is 0 Å². The second kappa shape index (κ2) is 4.57. The van der Waals surface area contributed by atoms with Gasteiger partial charge in [0.25, 0.3) is 0 Å². The second-order valence-corrected chi connectivity index (χ2v) is 3.86. The van der Waals surface area contributed by atoms with Crippen molar-refractivity contribution in [3.8, 4) is 0 Å². The first-order valence-corrected chi connectivity index (χ1v) is 4.66. The molecule has 2 unspecified atom stereocenters. The fourth-order valence-corrected chi connectivity index (χ4v) is 1.42. The monoisotopic (exact) mass is 230 g/mol. The van der Waals surface area contributed by atoms with Crippen LogP contribution in [0.5, 0.6) is 0 Å². The predicted molar refractivity (Wildman–Crippen MR) is 53.3 cm³/mol. The van der Waals surface area contributed by atoms with Crippen LogP contribution in [0.1, 0.15) is 12.5 Å². The molecular weight excluding hydrogens is 218 g/mol. The van der Waals surface area contributed by atoms with Crippen LogP contribution in [0.2, 0.25) is 0 Å². The number of hydrogen-bond acceptors (Lipinski definition) is 2. The Morgan fingerprint density at radius 1 is 1.56 bits per heavy atom. The third kappa shape index (κ3) is 3.00. The van der Waals surface area contributed by atoms with Gasteiger partial charge >= 0.3 is 5.97 Å². The number of halogens is 2. The fraction of sp³-hybridized carbons (Fsp3) is 0.364. The van der Waals surface area contributed by atoms with Gasteiger partial charge in [0.05, 0.1) is 0 Å². The summed E-state index contributed by atoms with van der Waals surface area (Å²) in [5, 5.41) is 18.1. The van der Waals surface area contributed by atoms with Crippen molar-refractivity contribution in [2.45, 2.75) is 25.1 Å². The van der Waals surface area contributed by atoms with E-state index in [1.165, 1.54) is 18.2 Å². The lowest BCUT2D eigenvalue weighted by Gasteiger charge is -2.24. The molecule has 3 nitrogen and oxygen atoms in total. The van der Waals surface area contributed by atoms with Crippen LogP contribution in [-0.4, -0.2) is 28.0 Å². The summed E-state index contributed by atoms with van der Waals surface area (Å²) in [7, 11) is 0. The number of carboxylic acid groups (broad SMARTS) is 1. The first-order valence-electron chi connectivity index (χ1n) is 4.66. The van der Waals surface area contributed by atoms with Gasteiger partial charge in [-0.05, 0) is 24.6 Å². The third-order valence-electron chi connectivity index (χ3n) is 2.21. The normalized spacial score (nSPS) is 16.5. The van der Waals surface area contributed by atoms with E-state index in [9.17, 15) is 18.7 Å². The molecule has 0 heterocycles. The number of carbonyl (C=O) groups is 1. The SMILES string of the molecule is CC(O)(Cc1cccc(F)c1)C(F)C(=O)O. The van der Waals surface area contributed by atoms with Crippen LogP contribution >= 0.6 is 0 Å². The molecule has 0 amide bonds. The van der Waals surface area contributed by atoms with Gasteiger partial charge in [-0.3, -0.25) is 0 Å². The summed E-state index contributed by atoms with van der Waals surface area (Å²) in [5.74, 6) is -2.25. The minimum absolute atomic E-state index is 0.266. The molecule has 0 saturated carbocycles. The molecule has 0 radical (unpaired) electrons. The first kappa shape index (κ1) is 12.6. The highest BCUT2D eigenvalue weighted by Gasteiger charge is 2.37. The van der Waals surface area contributed by atoms with Gasteiger partial charge in [-0.25, -0.2) is 13.6 Å². The van der Waals surface area contributed by atoms with E-state index in [2.05, 4.69) is 0 Å². The Bertz CT molecular complexity index is 391. The molecule has 1 rings (SSSR count). The second-order valence-electron chi connectivity index (χ2n) is 3.86. The molecule has 0 aliphatic rings. The van der Waals surface area contributed by atoms with Gasteiger partial charge < -0.3 is 10.2 Å². The zero-order valence-electron chi connectivity index (χ0n) is 8.65. The van der Waals surface area contributed by atoms with Gasteiger partial charge in [0.1, 0.15) is 11.4 Å². The van der Waals surface area contributed by atoms with Gasteiger partial charge in [0.2, 0.25) is 6.17 Å². The lowest BCUT2D eigenvalue weighted by molar-refractivity contribution is -0.152. The van der Waals surface area contributed by atoms with Gasteiger partial charge in [-0.1, -0.05) is 12.1 Å². The zero-order valence-corrected chi connectivity index (χ0v) is 8.65. The third-order valence-corrected chi connectivity index (χ3v) is 2.21. The molecule has 0 aromatic heterocycles. The number of benzene rings is 1. The van der Waals surface area contributed by atoms with Crippen molar-refractivity contribution in [2.24, 2.45) is 0 Å². The van der Waals surface area contributed by atoms with Gasteiger partial charge in [0, 0.05) is 6.42 Å². The number of aliphatic hydroxyl groups is 1. The Kier molecular flexibility index (Phi) is 3.59. The first-order chi connectivity index (χ1) is 7.33. The Hall–Kier alpha value is -1.49. The van der Waals surface area contributed by atoms with Crippen molar-refractivity contribution in [2.75, 3.05) is 0 Å². The molecule has 88 valence electrons. The van der Waals surface area contributed by atoms with Crippen LogP contribution in [0.4, 0.5) is 8.78 Å². The number of aliphatic carboxylic acids is 1. The lowest BCUT2D eigenvalue weighted by atomic mass is 9.92. The summed E-state index contributed by atoms with van der Waals surface area (Å²) in [6.45, 7) is 1.07. The summed E-state index contributed by atoms with van der Waals surface area (Å²) >= 11 is 0. The lowest BCUT2D eigenvalue weighted by Crippen LogP contribution is -2.43. The average molecular weight is 230 g/mol. The van der Waals surface area contributed by atoms with E-state index in [-0.39, 0.29) is 6.42 Å². The molecule has 0 bridgehead atoms. The minimum atomic E-state index is -2.41. The number of hydrogen-bond donors (Lipinski definition) is 2. The van der Waals surface area contributed by atoms with Crippen molar-refractivity contribution in [3.63, 3.8) is 0 Å². The maximum absolute atomic E-state index is 13.1. The molecule has 5 heteroatoms. The highest BCUT2D eigenvalue weighted by atomic mass is 19.1. The topological polar surface area (TPSA) is 57.5 Å². The Morgan fingerprint density at radius 2 is 2.19 bits per heavy atom. The van der Waals surface area contributed by atoms with Crippen molar-refractivity contribution in [1.82, 2.24) is 0 Å². The molecule has 0 aliphatic heterocycles. The van der Waals surface area contributed by atoms with Gasteiger partial charge in [-0.2, -0.15) is 0 Å². The summed E-state index contributed by atoms with van der Waals surface area (Å²) in [4.78, 5) is 10.4. The Balaban J connectivity index is 2.84. The molecule has 0 fully saturated rings. The smallest absolute Gasteiger partial charge is 0.341 e. The molecule has 2 atom stereocenters. The van der Waals surface area contributed by atoms with Crippen molar-refractivity contribution in [1.29, 1.82) is 0 Å². The minimum Gasteiger partial charge on any atom is -0.479 e. The molecule has 0 saturated heterocycles. The van der Waals surface area contributed by atoms with Gasteiger partial charge in [0.15, 0.2) is 0 Å². The molecule has 0 spiro atoms. The molecule has 16 heavy (non-hydrogen) atoms. The fourth-order valence-electron chi connectivity index (χ4n) is 1.42. The van der Waals surface area contributed by atoms with E-state index in [1.54, 1.807) is 0 Å². The summed E-state index contributed by atoms with van der Waals surface area (Å²) in [6, 6.07) is 5.24. The quantitative estimate of drug-likeness (QED) is 0.824. The predicted octanol–water partition coefficient (Wildman–Crippen LogP) is 1.54. The van der Waals surface area contributed by atoms with E-state index >= 15 is 0 Å². The van der Waals surface area contributed by atoms with E-state index in [4.69, 9.17) is 5.11 Å². The van der Waals surface area contributed by atoms with E-state index < -0.39 is 23.6 Å². The molecule has 1 aromatic carbocycles. The molecule has 0 aliphatic carbocycles. The molecule has 2 N–H and O–H groups in total. The van der Waals surface area contributed by atoms with Crippen LogP contribution in [-0.2, 0) is 11.2 Å². The van der Waals surface area contributed by atoms with Crippen LogP contribution in [0.3, 0.4) is 0 Å². The van der Waals surface area contributed by atoms with Crippen molar-refractivity contribution in [3.05, 3.63) is 35.6 Å². The molecular formula is C11H12F2O3. The largest absolute Gasteiger partial charge is 0.479 e. The van der Waals surface area contributed by atoms with Crippen LogP contribution in [0, 0.1) is 5.82 Å². The Labute approximate surface area is 91.3 Å². The van der Waals surface area contributed by atoms with Crippen LogP contribution in [0.15, 0.2) is 24.3 Å². The van der Waals surface area contributed by atoms with Crippen LogP contribution < -0.4 is 0 Å². The maximum Gasteiger partial charge on any atom is 0.341 e. The Morgan fingerprint density at radius 3 is 2.69 bits per heavy atom.